The van der Waals surface area contributed by atoms with Crippen LogP contribution in [0.4, 0.5) is 0 Å². The Morgan fingerprint density at radius 2 is 1.90 bits per heavy atom. The highest BCUT2D eigenvalue weighted by molar-refractivity contribution is 5.94. The van der Waals surface area contributed by atoms with Crippen molar-refractivity contribution in [2.75, 3.05) is 20.8 Å². The molecule has 0 saturated heterocycles. The zero-order valence-corrected chi connectivity index (χ0v) is 17.9. The van der Waals surface area contributed by atoms with E-state index in [1.54, 1.807) is 43.3 Å². The molecule has 0 unspecified atom stereocenters. The minimum Gasteiger partial charge on any atom is -0.493 e. The number of amides is 1. The van der Waals surface area contributed by atoms with Gasteiger partial charge in [-0.1, -0.05) is 30.9 Å². The number of carbonyl (C=O) groups is 1. The molecule has 0 N–H and O–H groups in total. The number of benzene rings is 2. The number of ether oxygens (including phenoxy) is 2. The summed E-state index contributed by atoms with van der Waals surface area (Å²) in [4.78, 5) is 14.7. The predicted octanol–water partition coefficient (Wildman–Crippen LogP) is 4.33. The third kappa shape index (κ3) is 4.38. The van der Waals surface area contributed by atoms with Crippen molar-refractivity contribution in [1.82, 2.24) is 14.7 Å². The Balaban J connectivity index is 1.81. The summed E-state index contributed by atoms with van der Waals surface area (Å²) in [5, 5.41) is 4.67. The van der Waals surface area contributed by atoms with Crippen LogP contribution in [-0.2, 0) is 6.54 Å². The van der Waals surface area contributed by atoms with Gasteiger partial charge in [0.1, 0.15) is 6.61 Å². The molecule has 0 aliphatic carbocycles. The van der Waals surface area contributed by atoms with Crippen LogP contribution in [-0.4, -0.2) is 41.4 Å². The second kappa shape index (κ2) is 9.31. The quantitative estimate of drug-likeness (QED) is 0.523. The Kier molecular flexibility index (Phi) is 6.57. The average molecular weight is 405 g/mol. The maximum atomic E-state index is 13.0. The summed E-state index contributed by atoms with van der Waals surface area (Å²) in [6.07, 6.45) is 1.66. The molecule has 30 heavy (non-hydrogen) atoms. The van der Waals surface area contributed by atoms with E-state index in [0.29, 0.717) is 30.2 Å². The van der Waals surface area contributed by atoms with E-state index < -0.39 is 0 Å². The molecule has 3 rings (SSSR count). The summed E-state index contributed by atoms with van der Waals surface area (Å²) >= 11 is 0. The Bertz CT molecular complexity index is 1040. The lowest BCUT2D eigenvalue weighted by atomic mass is 10.1. The van der Waals surface area contributed by atoms with Crippen LogP contribution in [0.25, 0.3) is 5.69 Å². The highest BCUT2D eigenvalue weighted by atomic mass is 16.5. The van der Waals surface area contributed by atoms with Gasteiger partial charge in [0.15, 0.2) is 11.5 Å². The van der Waals surface area contributed by atoms with Gasteiger partial charge in [-0.05, 0) is 44.2 Å². The molecule has 0 atom stereocenters. The molecule has 156 valence electrons. The van der Waals surface area contributed by atoms with Gasteiger partial charge in [-0.3, -0.25) is 4.79 Å². The number of rotatable bonds is 8. The van der Waals surface area contributed by atoms with Crippen molar-refractivity contribution in [3.8, 4) is 17.2 Å². The average Bonchev–Trinajstić information content (AvgIpc) is 3.05. The van der Waals surface area contributed by atoms with E-state index in [1.807, 2.05) is 48.9 Å². The first-order valence-corrected chi connectivity index (χ1v) is 9.74. The number of carbonyl (C=O) groups excluding carboxylic acids is 1. The van der Waals surface area contributed by atoms with Crippen molar-refractivity contribution in [3.05, 3.63) is 83.7 Å². The fourth-order valence-electron chi connectivity index (χ4n) is 3.32. The van der Waals surface area contributed by atoms with E-state index in [0.717, 1.165) is 22.6 Å². The Morgan fingerprint density at radius 3 is 2.57 bits per heavy atom. The van der Waals surface area contributed by atoms with E-state index in [9.17, 15) is 4.79 Å². The molecule has 0 saturated carbocycles. The van der Waals surface area contributed by atoms with Crippen molar-refractivity contribution < 1.29 is 14.3 Å². The zero-order chi connectivity index (χ0) is 21.7. The van der Waals surface area contributed by atoms with Crippen molar-refractivity contribution >= 4 is 5.91 Å². The second-order valence-electron chi connectivity index (χ2n) is 7.02. The minimum atomic E-state index is -0.102. The number of methoxy groups -OCH3 is 1. The lowest BCUT2D eigenvalue weighted by Crippen LogP contribution is -2.26. The number of nitrogens with zero attached hydrogens (tertiary/aromatic N) is 3. The molecular weight excluding hydrogens is 378 g/mol. The molecule has 0 radical (unpaired) electrons. The smallest absolute Gasteiger partial charge is 0.254 e. The van der Waals surface area contributed by atoms with Gasteiger partial charge in [0.25, 0.3) is 5.91 Å². The van der Waals surface area contributed by atoms with Gasteiger partial charge in [0.05, 0.1) is 18.5 Å². The van der Waals surface area contributed by atoms with Crippen LogP contribution < -0.4 is 9.47 Å². The number of aryl methyl sites for hydroxylation is 1. The number of aromatic nitrogens is 2. The summed E-state index contributed by atoms with van der Waals surface area (Å²) < 4.78 is 12.9. The molecule has 1 amide bonds. The standard InChI is InChI=1S/C24H27N3O3/c1-6-14-30-22-13-12-19(15-23(22)29-5)24(28)26(4)16-21-17(2)25-27(18(21)3)20-10-8-7-9-11-20/h6-13,15H,1,14,16H2,2-5H3. The Labute approximate surface area is 177 Å². The fourth-order valence-corrected chi connectivity index (χ4v) is 3.32. The van der Waals surface area contributed by atoms with E-state index in [2.05, 4.69) is 11.7 Å². The molecule has 6 heteroatoms. The van der Waals surface area contributed by atoms with E-state index >= 15 is 0 Å². The van der Waals surface area contributed by atoms with E-state index in [-0.39, 0.29) is 5.91 Å². The van der Waals surface area contributed by atoms with Gasteiger partial charge in [-0.15, -0.1) is 0 Å². The molecule has 1 heterocycles. The fraction of sp³-hybridized carbons (Fsp3) is 0.250. The predicted molar refractivity (Wildman–Crippen MR) is 118 cm³/mol. The van der Waals surface area contributed by atoms with Gasteiger partial charge in [0.2, 0.25) is 0 Å². The van der Waals surface area contributed by atoms with Crippen LogP contribution in [0.1, 0.15) is 27.3 Å². The highest BCUT2D eigenvalue weighted by Crippen LogP contribution is 2.29. The molecule has 0 aliphatic heterocycles. The molecule has 0 aliphatic rings. The van der Waals surface area contributed by atoms with Gasteiger partial charge in [-0.2, -0.15) is 5.10 Å². The molecule has 6 nitrogen and oxygen atoms in total. The van der Waals surface area contributed by atoms with Crippen LogP contribution in [0.5, 0.6) is 11.5 Å². The first-order chi connectivity index (χ1) is 14.5. The summed E-state index contributed by atoms with van der Waals surface area (Å²) in [5.41, 5.74) is 4.49. The molecular formula is C24H27N3O3. The van der Waals surface area contributed by atoms with Crippen molar-refractivity contribution in [3.63, 3.8) is 0 Å². The molecule has 2 aromatic carbocycles. The van der Waals surface area contributed by atoms with E-state index in [1.165, 1.54) is 0 Å². The largest absolute Gasteiger partial charge is 0.493 e. The third-order valence-electron chi connectivity index (χ3n) is 4.95. The molecule has 0 fully saturated rings. The lowest BCUT2D eigenvalue weighted by Gasteiger charge is -2.19. The first-order valence-electron chi connectivity index (χ1n) is 9.74. The normalized spacial score (nSPS) is 10.5. The molecule has 1 aromatic heterocycles. The van der Waals surface area contributed by atoms with Crippen LogP contribution in [0.2, 0.25) is 0 Å². The van der Waals surface area contributed by atoms with Gasteiger partial charge < -0.3 is 14.4 Å². The number of hydrogen-bond acceptors (Lipinski definition) is 4. The Hall–Kier alpha value is -3.54. The summed E-state index contributed by atoms with van der Waals surface area (Å²) in [7, 11) is 3.34. The SMILES string of the molecule is C=CCOc1ccc(C(=O)N(C)Cc2c(C)nn(-c3ccccc3)c2C)cc1OC. The van der Waals surface area contributed by atoms with Crippen LogP contribution in [0.3, 0.4) is 0 Å². The maximum Gasteiger partial charge on any atom is 0.254 e. The van der Waals surface area contributed by atoms with Gasteiger partial charge in [-0.25, -0.2) is 4.68 Å². The third-order valence-corrected chi connectivity index (χ3v) is 4.95. The van der Waals surface area contributed by atoms with Crippen molar-refractivity contribution in [2.24, 2.45) is 0 Å². The minimum absolute atomic E-state index is 0.102. The van der Waals surface area contributed by atoms with Crippen LogP contribution in [0, 0.1) is 13.8 Å². The topological polar surface area (TPSA) is 56.6 Å². The summed E-state index contributed by atoms with van der Waals surface area (Å²) in [6, 6.07) is 15.2. The summed E-state index contributed by atoms with van der Waals surface area (Å²) in [5.74, 6) is 0.989. The van der Waals surface area contributed by atoms with Crippen molar-refractivity contribution in [1.29, 1.82) is 0 Å². The second-order valence-corrected chi connectivity index (χ2v) is 7.02. The van der Waals surface area contributed by atoms with Crippen LogP contribution >= 0.6 is 0 Å². The molecule has 3 aromatic rings. The maximum absolute atomic E-state index is 13.0. The summed E-state index contributed by atoms with van der Waals surface area (Å²) in [6.45, 7) is 8.46. The highest BCUT2D eigenvalue weighted by Gasteiger charge is 2.19. The number of hydrogen-bond donors (Lipinski definition) is 0. The van der Waals surface area contributed by atoms with Crippen molar-refractivity contribution in [2.45, 2.75) is 20.4 Å². The molecule has 0 bridgehead atoms. The molecule has 0 spiro atoms. The van der Waals surface area contributed by atoms with Gasteiger partial charge in [0, 0.05) is 30.4 Å². The Morgan fingerprint density at radius 1 is 1.17 bits per heavy atom. The van der Waals surface area contributed by atoms with Gasteiger partial charge >= 0.3 is 0 Å². The monoisotopic (exact) mass is 405 g/mol. The van der Waals surface area contributed by atoms with E-state index in [4.69, 9.17) is 9.47 Å². The first kappa shape index (κ1) is 21.2. The van der Waals surface area contributed by atoms with Crippen LogP contribution in [0.15, 0.2) is 61.2 Å². The number of para-hydroxylation sites is 1. The lowest BCUT2D eigenvalue weighted by molar-refractivity contribution is 0.0784. The zero-order valence-electron chi connectivity index (χ0n) is 17.9.